The zero-order valence-corrected chi connectivity index (χ0v) is 16.5. The van der Waals surface area contributed by atoms with Gasteiger partial charge in [0.2, 0.25) is 0 Å². The molecule has 0 aromatic heterocycles. The van der Waals surface area contributed by atoms with E-state index >= 15 is 0 Å². The fourth-order valence-electron chi connectivity index (χ4n) is 2.34. The van der Waals surface area contributed by atoms with Gasteiger partial charge in [-0.1, -0.05) is 69.6 Å². The van der Waals surface area contributed by atoms with Gasteiger partial charge in [0.05, 0.1) is 0 Å². The molecule has 0 bridgehead atoms. The summed E-state index contributed by atoms with van der Waals surface area (Å²) in [6.07, 6.45) is 16.4. The predicted octanol–water partition coefficient (Wildman–Crippen LogP) is 4.80. The molecule has 0 aromatic carbocycles. The summed E-state index contributed by atoms with van der Waals surface area (Å²) < 4.78 is 9.92. The van der Waals surface area contributed by atoms with E-state index in [9.17, 15) is 9.59 Å². The van der Waals surface area contributed by atoms with E-state index in [2.05, 4.69) is 24.7 Å². The molecule has 26 heavy (non-hydrogen) atoms. The maximum Gasteiger partial charge on any atom is 0.307 e. The third-order valence-electron chi connectivity index (χ3n) is 3.89. The third kappa shape index (κ3) is 16.9. The SMILES string of the molecule is C#CC(C)OC(=O)CCCC(=O)OCC#CCCCCCCCCCC. The molecular formula is C22H34O4. The van der Waals surface area contributed by atoms with Crippen LogP contribution in [0.15, 0.2) is 0 Å². The van der Waals surface area contributed by atoms with Crippen LogP contribution in [-0.4, -0.2) is 24.6 Å². The fourth-order valence-corrected chi connectivity index (χ4v) is 2.34. The van der Waals surface area contributed by atoms with Gasteiger partial charge in [0.1, 0.15) is 0 Å². The lowest BCUT2D eigenvalue weighted by Crippen LogP contribution is -2.13. The molecular weight excluding hydrogens is 328 g/mol. The number of unbranched alkanes of at least 4 members (excludes halogenated alkanes) is 8. The van der Waals surface area contributed by atoms with E-state index in [0.717, 1.165) is 12.8 Å². The number of hydrogen-bond donors (Lipinski definition) is 0. The molecule has 0 spiro atoms. The molecule has 4 heteroatoms. The highest BCUT2D eigenvalue weighted by Gasteiger charge is 2.09. The minimum absolute atomic E-state index is 0.119. The number of carbonyl (C=O) groups excluding carboxylic acids is 2. The average Bonchev–Trinajstić information content (AvgIpc) is 2.62. The number of hydrogen-bond acceptors (Lipinski definition) is 4. The molecule has 1 atom stereocenters. The van der Waals surface area contributed by atoms with Crippen molar-refractivity contribution >= 4 is 11.9 Å². The van der Waals surface area contributed by atoms with E-state index in [1.807, 2.05) is 0 Å². The summed E-state index contributed by atoms with van der Waals surface area (Å²) in [5.41, 5.74) is 0. The first-order valence-electron chi connectivity index (χ1n) is 9.87. The Morgan fingerprint density at radius 1 is 0.885 bits per heavy atom. The molecule has 146 valence electrons. The summed E-state index contributed by atoms with van der Waals surface area (Å²) in [6.45, 7) is 3.97. The second-order valence-electron chi connectivity index (χ2n) is 6.39. The van der Waals surface area contributed by atoms with Gasteiger partial charge < -0.3 is 9.47 Å². The van der Waals surface area contributed by atoms with Crippen molar-refractivity contribution in [1.82, 2.24) is 0 Å². The summed E-state index contributed by atoms with van der Waals surface area (Å²) in [5, 5.41) is 0. The molecule has 0 radical (unpaired) electrons. The first-order valence-corrected chi connectivity index (χ1v) is 9.87. The van der Waals surface area contributed by atoms with Crippen LogP contribution in [0, 0.1) is 24.2 Å². The highest BCUT2D eigenvalue weighted by molar-refractivity contribution is 5.72. The second kappa shape index (κ2) is 17.9. The minimum Gasteiger partial charge on any atom is -0.452 e. The van der Waals surface area contributed by atoms with Gasteiger partial charge in [0.15, 0.2) is 12.7 Å². The molecule has 0 amide bonds. The lowest BCUT2D eigenvalue weighted by Gasteiger charge is -2.06. The van der Waals surface area contributed by atoms with Crippen LogP contribution in [0.3, 0.4) is 0 Å². The van der Waals surface area contributed by atoms with Crippen molar-refractivity contribution < 1.29 is 19.1 Å². The lowest BCUT2D eigenvalue weighted by molar-refractivity contribution is -0.146. The van der Waals surface area contributed by atoms with Crippen LogP contribution in [0.5, 0.6) is 0 Å². The summed E-state index contributed by atoms with van der Waals surface area (Å²) in [7, 11) is 0. The van der Waals surface area contributed by atoms with E-state index in [1.54, 1.807) is 6.92 Å². The number of rotatable bonds is 14. The maximum absolute atomic E-state index is 11.5. The number of ether oxygens (including phenoxy) is 2. The monoisotopic (exact) mass is 362 g/mol. The van der Waals surface area contributed by atoms with Crippen molar-refractivity contribution in [3.8, 4) is 24.2 Å². The van der Waals surface area contributed by atoms with Crippen LogP contribution in [0.4, 0.5) is 0 Å². The molecule has 0 fully saturated rings. The van der Waals surface area contributed by atoms with Gasteiger partial charge in [-0.15, -0.1) is 6.42 Å². The van der Waals surface area contributed by atoms with Gasteiger partial charge in [0.25, 0.3) is 0 Å². The summed E-state index contributed by atoms with van der Waals surface area (Å²) in [6, 6.07) is 0. The van der Waals surface area contributed by atoms with Gasteiger partial charge in [-0.2, -0.15) is 0 Å². The molecule has 0 heterocycles. The highest BCUT2D eigenvalue weighted by atomic mass is 16.5. The Hall–Kier alpha value is -1.94. The highest BCUT2D eigenvalue weighted by Crippen LogP contribution is 2.09. The largest absolute Gasteiger partial charge is 0.452 e. The van der Waals surface area contributed by atoms with E-state index in [0.29, 0.717) is 6.42 Å². The van der Waals surface area contributed by atoms with E-state index in [-0.39, 0.29) is 25.4 Å². The molecule has 0 saturated heterocycles. The minimum atomic E-state index is -0.536. The molecule has 0 N–H and O–H groups in total. The van der Waals surface area contributed by atoms with E-state index < -0.39 is 12.1 Å². The summed E-state index contributed by atoms with van der Waals surface area (Å²) in [5.74, 6) is 7.47. The Morgan fingerprint density at radius 3 is 2.15 bits per heavy atom. The Kier molecular flexibility index (Phi) is 16.5. The lowest BCUT2D eigenvalue weighted by atomic mass is 10.1. The van der Waals surface area contributed by atoms with Crippen LogP contribution in [0.2, 0.25) is 0 Å². The molecule has 0 saturated carbocycles. The van der Waals surface area contributed by atoms with Crippen molar-refractivity contribution in [2.45, 2.75) is 97.0 Å². The van der Waals surface area contributed by atoms with Crippen LogP contribution in [0.25, 0.3) is 0 Å². The van der Waals surface area contributed by atoms with Crippen LogP contribution in [-0.2, 0) is 19.1 Å². The molecule has 0 aromatic rings. The van der Waals surface area contributed by atoms with Gasteiger partial charge in [-0.05, 0) is 19.8 Å². The molecule has 1 unspecified atom stereocenters. The predicted molar refractivity (Wildman–Crippen MR) is 104 cm³/mol. The average molecular weight is 363 g/mol. The first kappa shape index (κ1) is 24.1. The summed E-state index contributed by atoms with van der Waals surface area (Å²) >= 11 is 0. The molecule has 0 aliphatic heterocycles. The third-order valence-corrected chi connectivity index (χ3v) is 3.89. The fraction of sp³-hybridized carbons (Fsp3) is 0.727. The van der Waals surface area contributed by atoms with Gasteiger partial charge in [0, 0.05) is 19.3 Å². The molecule has 4 nitrogen and oxygen atoms in total. The topological polar surface area (TPSA) is 52.6 Å². The summed E-state index contributed by atoms with van der Waals surface area (Å²) in [4.78, 5) is 22.9. The smallest absolute Gasteiger partial charge is 0.307 e. The van der Waals surface area contributed by atoms with E-state index in [1.165, 1.54) is 44.9 Å². The zero-order valence-electron chi connectivity index (χ0n) is 16.5. The van der Waals surface area contributed by atoms with Crippen molar-refractivity contribution in [2.24, 2.45) is 0 Å². The Morgan fingerprint density at radius 2 is 1.50 bits per heavy atom. The molecule has 0 rings (SSSR count). The normalized spacial score (nSPS) is 11.0. The van der Waals surface area contributed by atoms with Gasteiger partial charge in [-0.25, -0.2) is 0 Å². The maximum atomic E-state index is 11.5. The van der Waals surface area contributed by atoms with E-state index in [4.69, 9.17) is 15.9 Å². The number of terminal acetylenes is 1. The number of esters is 2. The standard InChI is InChI=1S/C22H34O4/c1-4-6-7-8-9-10-11-12-13-14-15-19-25-21(23)17-16-18-22(24)26-20(3)5-2/h2,20H,4,6-13,16-19H2,1,3H3. The van der Waals surface area contributed by atoms with Crippen molar-refractivity contribution in [3.05, 3.63) is 0 Å². The van der Waals surface area contributed by atoms with Gasteiger partial charge >= 0.3 is 11.9 Å². The van der Waals surface area contributed by atoms with Crippen LogP contribution in [0.1, 0.15) is 90.9 Å². The molecule has 0 aliphatic carbocycles. The first-order chi connectivity index (χ1) is 12.6. The Bertz CT molecular complexity index is 479. The van der Waals surface area contributed by atoms with Crippen LogP contribution >= 0.6 is 0 Å². The molecule has 0 aliphatic rings. The van der Waals surface area contributed by atoms with Crippen molar-refractivity contribution in [1.29, 1.82) is 0 Å². The Balaban J connectivity index is 3.47. The Labute approximate surface area is 159 Å². The van der Waals surface area contributed by atoms with Crippen LogP contribution < -0.4 is 0 Å². The second-order valence-corrected chi connectivity index (χ2v) is 6.39. The quantitative estimate of drug-likeness (QED) is 0.253. The van der Waals surface area contributed by atoms with Gasteiger partial charge in [-0.3, -0.25) is 9.59 Å². The van der Waals surface area contributed by atoms with Crippen molar-refractivity contribution in [3.63, 3.8) is 0 Å². The van der Waals surface area contributed by atoms with Crippen molar-refractivity contribution in [2.75, 3.05) is 6.61 Å². The number of carbonyl (C=O) groups is 2. The zero-order chi connectivity index (χ0) is 19.5.